The Morgan fingerprint density at radius 1 is 1.67 bits per heavy atom. The van der Waals surface area contributed by atoms with Crippen molar-refractivity contribution in [1.82, 2.24) is 15.5 Å². The Kier molecular flexibility index (Phi) is 2.79. The minimum atomic E-state index is -0.0992. The Bertz CT molecular complexity index is 269. The predicted octanol–water partition coefficient (Wildman–Crippen LogP) is 0.268. The van der Waals surface area contributed by atoms with Crippen LogP contribution in [0.5, 0.6) is 0 Å². The van der Waals surface area contributed by atoms with Gasteiger partial charge in [0.15, 0.2) is 5.82 Å². The Morgan fingerprint density at radius 2 is 2.42 bits per heavy atom. The topological polar surface area (TPSA) is 68.0 Å². The van der Waals surface area contributed by atoms with Gasteiger partial charge in [0.05, 0.1) is 6.54 Å². The van der Waals surface area contributed by atoms with E-state index in [2.05, 4.69) is 15.5 Å². The molecule has 1 rings (SSSR count). The number of rotatable bonds is 3. The van der Waals surface area contributed by atoms with Crippen molar-refractivity contribution in [2.45, 2.75) is 26.8 Å². The number of hydrogen-bond donors (Lipinski definition) is 1. The molecule has 0 spiro atoms. The van der Waals surface area contributed by atoms with Crippen molar-refractivity contribution in [3.05, 3.63) is 11.7 Å². The van der Waals surface area contributed by atoms with Gasteiger partial charge < -0.3 is 9.84 Å². The highest BCUT2D eigenvalue weighted by atomic mass is 16.5. The molecule has 0 bridgehead atoms. The maximum atomic E-state index is 10.5. The van der Waals surface area contributed by atoms with Gasteiger partial charge >= 0.3 is 0 Å². The van der Waals surface area contributed by atoms with Gasteiger partial charge in [-0.05, 0) is 0 Å². The van der Waals surface area contributed by atoms with E-state index in [9.17, 15) is 4.79 Å². The molecule has 1 N–H and O–H groups in total. The molecule has 66 valence electrons. The van der Waals surface area contributed by atoms with E-state index in [0.717, 1.165) is 0 Å². The molecule has 5 heteroatoms. The summed E-state index contributed by atoms with van der Waals surface area (Å²) in [5, 5.41) is 6.23. The zero-order valence-corrected chi connectivity index (χ0v) is 7.13. The van der Waals surface area contributed by atoms with Crippen molar-refractivity contribution < 1.29 is 9.32 Å². The number of hydrogen-bond acceptors (Lipinski definition) is 4. The van der Waals surface area contributed by atoms with E-state index >= 15 is 0 Å². The highest BCUT2D eigenvalue weighted by Crippen LogP contribution is 1.96. The molecule has 0 radical (unpaired) electrons. The summed E-state index contributed by atoms with van der Waals surface area (Å²) in [5.74, 6) is 1.01. The van der Waals surface area contributed by atoms with Crippen LogP contribution in [0.2, 0.25) is 0 Å². The molecule has 1 aromatic heterocycles. The summed E-state index contributed by atoms with van der Waals surface area (Å²) in [5.41, 5.74) is 0. The lowest BCUT2D eigenvalue weighted by Crippen LogP contribution is -2.19. The average molecular weight is 169 g/mol. The first kappa shape index (κ1) is 8.70. The summed E-state index contributed by atoms with van der Waals surface area (Å²) in [6, 6.07) is 0. The Hall–Kier alpha value is -1.39. The van der Waals surface area contributed by atoms with Crippen molar-refractivity contribution in [2.75, 3.05) is 0 Å². The maximum Gasteiger partial charge on any atom is 0.226 e. The smallest absolute Gasteiger partial charge is 0.226 e. The third-order valence-corrected chi connectivity index (χ3v) is 1.31. The molecule has 5 nitrogen and oxygen atoms in total. The highest BCUT2D eigenvalue weighted by molar-refractivity contribution is 5.72. The lowest BCUT2D eigenvalue weighted by molar-refractivity contribution is -0.119. The highest BCUT2D eigenvalue weighted by Gasteiger charge is 2.03. The Morgan fingerprint density at radius 3 is 2.92 bits per heavy atom. The summed E-state index contributed by atoms with van der Waals surface area (Å²) in [6.07, 6.45) is 0.715. The van der Waals surface area contributed by atoms with E-state index in [1.54, 1.807) is 0 Å². The van der Waals surface area contributed by atoms with Crippen LogP contribution in [0.3, 0.4) is 0 Å². The van der Waals surface area contributed by atoms with Crippen LogP contribution >= 0.6 is 0 Å². The van der Waals surface area contributed by atoms with E-state index in [0.29, 0.717) is 24.7 Å². The maximum absolute atomic E-state index is 10.5. The number of carbonyl (C=O) groups excluding carboxylic acids is 1. The zero-order chi connectivity index (χ0) is 8.97. The van der Waals surface area contributed by atoms with Crippen LogP contribution in [0.4, 0.5) is 0 Å². The molecule has 0 aliphatic rings. The molecule has 0 aliphatic carbocycles. The number of amides is 1. The standard InChI is InChI=1S/C7H11N3O2/c1-3-7-9-6(10-12-7)4-8-5(2)11/h3-4H2,1-2H3,(H,8,11). The first-order valence-corrected chi connectivity index (χ1v) is 3.78. The van der Waals surface area contributed by atoms with E-state index in [1.165, 1.54) is 6.92 Å². The van der Waals surface area contributed by atoms with E-state index in [4.69, 9.17) is 4.52 Å². The molecule has 1 heterocycles. The summed E-state index contributed by atoms with van der Waals surface area (Å²) in [7, 11) is 0. The van der Waals surface area contributed by atoms with E-state index in [1.807, 2.05) is 6.92 Å². The van der Waals surface area contributed by atoms with Crippen molar-refractivity contribution >= 4 is 5.91 Å². The first-order valence-electron chi connectivity index (χ1n) is 3.78. The SMILES string of the molecule is CCc1nc(CNC(C)=O)no1. The fourth-order valence-corrected chi connectivity index (χ4v) is 0.709. The van der Waals surface area contributed by atoms with Crippen molar-refractivity contribution in [3.63, 3.8) is 0 Å². The van der Waals surface area contributed by atoms with Gasteiger partial charge in [-0.2, -0.15) is 4.98 Å². The van der Waals surface area contributed by atoms with Gasteiger partial charge in [0, 0.05) is 13.3 Å². The summed E-state index contributed by atoms with van der Waals surface area (Å²) in [4.78, 5) is 14.5. The van der Waals surface area contributed by atoms with Crippen LogP contribution < -0.4 is 5.32 Å². The number of aromatic nitrogens is 2. The second kappa shape index (κ2) is 3.85. The number of aryl methyl sites for hydroxylation is 1. The van der Waals surface area contributed by atoms with Gasteiger partial charge in [0.2, 0.25) is 11.8 Å². The lowest BCUT2D eigenvalue weighted by Gasteiger charge is -1.93. The van der Waals surface area contributed by atoms with Gasteiger partial charge in [-0.15, -0.1) is 0 Å². The third kappa shape index (κ3) is 2.34. The van der Waals surface area contributed by atoms with Crippen LogP contribution in [0.1, 0.15) is 25.6 Å². The predicted molar refractivity (Wildman–Crippen MR) is 41.2 cm³/mol. The van der Waals surface area contributed by atoms with Gasteiger partial charge in [0.25, 0.3) is 0 Å². The van der Waals surface area contributed by atoms with Gasteiger partial charge in [0.1, 0.15) is 0 Å². The van der Waals surface area contributed by atoms with Crippen molar-refractivity contribution in [2.24, 2.45) is 0 Å². The molecule has 1 amide bonds. The van der Waals surface area contributed by atoms with E-state index in [-0.39, 0.29) is 5.91 Å². The molecule has 1 aromatic rings. The summed E-state index contributed by atoms with van der Waals surface area (Å²) in [6.45, 7) is 3.70. The Labute approximate surface area is 70.2 Å². The fraction of sp³-hybridized carbons (Fsp3) is 0.571. The molecule has 0 fully saturated rings. The quantitative estimate of drug-likeness (QED) is 0.705. The normalized spacial score (nSPS) is 9.83. The molecule has 0 aliphatic heterocycles. The zero-order valence-electron chi connectivity index (χ0n) is 7.13. The second-order valence-corrected chi connectivity index (χ2v) is 2.37. The molecule has 0 aromatic carbocycles. The monoisotopic (exact) mass is 169 g/mol. The number of nitrogens with zero attached hydrogens (tertiary/aromatic N) is 2. The molecule has 0 saturated heterocycles. The fourth-order valence-electron chi connectivity index (χ4n) is 0.709. The van der Waals surface area contributed by atoms with Crippen LogP contribution in [0, 0.1) is 0 Å². The third-order valence-electron chi connectivity index (χ3n) is 1.31. The van der Waals surface area contributed by atoms with Crippen LogP contribution in [0.15, 0.2) is 4.52 Å². The molecular weight excluding hydrogens is 158 g/mol. The van der Waals surface area contributed by atoms with Crippen LogP contribution in [0.25, 0.3) is 0 Å². The average Bonchev–Trinajstić information content (AvgIpc) is 2.48. The minimum Gasteiger partial charge on any atom is -0.349 e. The summed E-state index contributed by atoms with van der Waals surface area (Å²) < 4.78 is 4.83. The van der Waals surface area contributed by atoms with Crippen molar-refractivity contribution in [1.29, 1.82) is 0 Å². The van der Waals surface area contributed by atoms with Gasteiger partial charge in [-0.1, -0.05) is 12.1 Å². The largest absolute Gasteiger partial charge is 0.349 e. The van der Waals surface area contributed by atoms with Gasteiger partial charge in [-0.25, -0.2) is 0 Å². The summed E-state index contributed by atoms with van der Waals surface area (Å²) >= 11 is 0. The number of nitrogens with one attached hydrogen (secondary N) is 1. The van der Waals surface area contributed by atoms with Crippen LogP contribution in [-0.4, -0.2) is 16.0 Å². The molecule has 0 saturated carbocycles. The molecule has 0 unspecified atom stereocenters. The first-order chi connectivity index (χ1) is 5.72. The molecule has 0 atom stereocenters. The minimum absolute atomic E-state index is 0.0992. The molecule has 12 heavy (non-hydrogen) atoms. The van der Waals surface area contributed by atoms with E-state index < -0.39 is 0 Å². The molecular formula is C7H11N3O2. The van der Waals surface area contributed by atoms with Crippen LogP contribution in [-0.2, 0) is 17.8 Å². The van der Waals surface area contributed by atoms with Gasteiger partial charge in [-0.3, -0.25) is 4.79 Å². The van der Waals surface area contributed by atoms with Crippen molar-refractivity contribution in [3.8, 4) is 0 Å². The number of carbonyl (C=O) groups is 1. The lowest BCUT2D eigenvalue weighted by atomic mass is 10.5. The second-order valence-electron chi connectivity index (χ2n) is 2.37. The Balaban J connectivity index is 2.47.